The molecule has 3 aromatic heterocycles. The fourth-order valence-electron chi connectivity index (χ4n) is 3.01. The standard InChI is InChI=1S/C18H20N8O3S2/c1-13(27)23-18-22-12-16(30-18)31(28,29)24-14-10-20-17(21-11-14)26-8-6-25(7-9-26)15-4-2-3-5-19-15/h2-5,10-12,24H,6-9H2,1H3,(H,22,23,27). The number of sulfonamides is 1. The lowest BCUT2D eigenvalue weighted by Crippen LogP contribution is -2.47. The molecule has 0 saturated carbocycles. The van der Waals surface area contributed by atoms with Crippen LogP contribution in [-0.2, 0) is 14.8 Å². The molecule has 0 bridgehead atoms. The van der Waals surface area contributed by atoms with Gasteiger partial charge in [-0.3, -0.25) is 9.52 Å². The van der Waals surface area contributed by atoms with Gasteiger partial charge in [-0.15, -0.1) is 0 Å². The van der Waals surface area contributed by atoms with E-state index in [1.54, 1.807) is 6.20 Å². The van der Waals surface area contributed by atoms with E-state index in [1.807, 2.05) is 23.1 Å². The number of piperazine rings is 1. The molecule has 162 valence electrons. The second-order valence-electron chi connectivity index (χ2n) is 6.70. The van der Waals surface area contributed by atoms with Gasteiger partial charge in [-0.25, -0.2) is 28.4 Å². The average Bonchev–Trinajstić information content (AvgIpc) is 3.24. The number of rotatable bonds is 6. The van der Waals surface area contributed by atoms with Gasteiger partial charge in [0.1, 0.15) is 5.82 Å². The van der Waals surface area contributed by atoms with E-state index >= 15 is 0 Å². The third-order valence-corrected chi connectivity index (χ3v) is 7.21. The Hall–Kier alpha value is -3.32. The molecule has 4 rings (SSSR count). The van der Waals surface area contributed by atoms with E-state index < -0.39 is 10.0 Å². The zero-order valence-electron chi connectivity index (χ0n) is 16.6. The zero-order chi connectivity index (χ0) is 21.8. The molecule has 3 aromatic rings. The van der Waals surface area contributed by atoms with E-state index in [-0.39, 0.29) is 20.9 Å². The predicted molar refractivity (Wildman–Crippen MR) is 118 cm³/mol. The van der Waals surface area contributed by atoms with Crippen LogP contribution in [0.25, 0.3) is 0 Å². The van der Waals surface area contributed by atoms with Crippen molar-refractivity contribution in [2.75, 3.05) is 46.0 Å². The fraction of sp³-hybridized carbons (Fsp3) is 0.278. The highest BCUT2D eigenvalue weighted by atomic mass is 32.2. The Kier molecular flexibility index (Phi) is 5.95. The summed E-state index contributed by atoms with van der Waals surface area (Å²) in [6, 6.07) is 5.83. The van der Waals surface area contributed by atoms with E-state index in [9.17, 15) is 13.2 Å². The zero-order valence-corrected chi connectivity index (χ0v) is 18.2. The molecule has 1 aliphatic rings. The van der Waals surface area contributed by atoms with Crippen LogP contribution >= 0.6 is 11.3 Å². The SMILES string of the molecule is CC(=O)Nc1ncc(S(=O)(=O)Nc2cnc(N3CCN(c4ccccn4)CC3)nc2)s1. The molecule has 0 aromatic carbocycles. The first-order chi connectivity index (χ1) is 14.9. The average molecular weight is 461 g/mol. The van der Waals surface area contributed by atoms with Crippen molar-refractivity contribution in [2.45, 2.75) is 11.1 Å². The maximum absolute atomic E-state index is 12.5. The van der Waals surface area contributed by atoms with Gasteiger partial charge in [0.2, 0.25) is 11.9 Å². The lowest BCUT2D eigenvalue weighted by atomic mass is 10.3. The van der Waals surface area contributed by atoms with Gasteiger partial charge >= 0.3 is 0 Å². The number of pyridine rings is 1. The number of nitrogens with zero attached hydrogens (tertiary/aromatic N) is 6. The van der Waals surface area contributed by atoms with Crippen molar-refractivity contribution in [1.29, 1.82) is 0 Å². The van der Waals surface area contributed by atoms with Gasteiger partial charge in [0.25, 0.3) is 10.0 Å². The van der Waals surface area contributed by atoms with Gasteiger partial charge in [0, 0.05) is 39.3 Å². The molecule has 0 radical (unpaired) electrons. The number of thiazole rings is 1. The molecule has 31 heavy (non-hydrogen) atoms. The maximum atomic E-state index is 12.5. The fourth-order valence-corrected chi connectivity index (χ4v) is 5.12. The topological polar surface area (TPSA) is 133 Å². The summed E-state index contributed by atoms with van der Waals surface area (Å²) in [5.74, 6) is 1.16. The molecular weight excluding hydrogens is 440 g/mol. The molecule has 2 N–H and O–H groups in total. The van der Waals surface area contributed by atoms with Crippen molar-refractivity contribution in [3.8, 4) is 0 Å². The molecule has 11 nitrogen and oxygen atoms in total. The Morgan fingerprint density at radius 3 is 2.35 bits per heavy atom. The summed E-state index contributed by atoms with van der Waals surface area (Å²) in [4.78, 5) is 32.2. The number of hydrogen-bond donors (Lipinski definition) is 2. The van der Waals surface area contributed by atoms with Gasteiger partial charge in [-0.1, -0.05) is 17.4 Å². The third-order valence-electron chi connectivity index (χ3n) is 4.46. The summed E-state index contributed by atoms with van der Waals surface area (Å²) >= 11 is 0.859. The van der Waals surface area contributed by atoms with Crippen molar-refractivity contribution < 1.29 is 13.2 Å². The smallest absolute Gasteiger partial charge is 0.273 e. The molecular formula is C18H20N8O3S2. The van der Waals surface area contributed by atoms with Crippen LogP contribution in [0.15, 0.2) is 47.2 Å². The second kappa shape index (κ2) is 8.81. The number of carbonyl (C=O) groups excluding carboxylic acids is 1. The monoisotopic (exact) mass is 460 g/mol. The van der Waals surface area contributed by atoms with Crippen LogP contribution in [0.1, 0.15) is 6.92 Å². The summed E-state index contributed by atoms with van der Waals surface area (Å²) in [6.45, 7) is 4.36. The van der Waals surface area contributed by atoms with Crippen molar-refractivity contribution in [3.63, 3.8) is 0 Å². The molecule has 1 amide bonds. The van der Waals surface area contributed by atoms with E-state index in [0.29, 0.717) is 5.95 Å². The second-order valence-corrected chi connectivity index (χ2v) is 9.64. The van der Waals surface area contributed by atoms with E-state index in [0.717, 1.165) is 43.3 Å². The number of amides is 1. The summed E-state index contributed by atoms with van der Waals surface area (Å²) < 4.78 is 27.5. The molecule has 0 spiro atoms. The molecule has 1 fully saturated rings. The van der Waals surface area contributed by atoms with E-state index in [1.165, 1.54) is 25.5 Å². The highest BCUT2D eigenvalue weighted by Crippen LogP contribution is 2.25. The van der Waals surface area contributed by atoms with Gasteiger partial charge in [0.05, 0.1) is 24.3 Å². The van der Waals surface area contributed by atoms with Crippen molar-refractivity contribution in [1.82, 2.24) is 19.9 Å². The van der Waals surface area contributed by atoms with Gasteiger partial charge in [0.15, 0.2) is 9.34 Å². The quantitative estimate of drug-likeness (QED) is 0.560. The lowest BCUT2D eigenvalue weighted by molar-refractivity contribution is -0.114. The molecule has 1 aliphatic heterocycles. The Morgan fingerprint density at radius 2 is 1.71 bits per heavy atom. The summed E-state index contributed by atoms with van der Waals surface area (Å²) in [6.07, 6.45) is 5.83. The number of anilines is 4. The largest absolute Gasteiger partial charge is 0.353 e. The van der Waals surface area contributed by atoms with Crippen LogP contribution in [0.2, 0.25) is 0 Å². The lowest BCUT2D eigenvalue weighted by Gasteiger charge is -2.35. The molecule has 0 unspecified atom stereocenters. The van der Waals surface area contributed by atoms with Gasteiger partial charge in [-0.05, 0) is 12.1 Å². The van der Waals surface area contributed by atoms with Gasteiger partial charge < -0.3 is 15.1 Å². The summed E-state index contributed by atoms with van der Waals surface area (Å²) in [7, 11) is -3.86. The van der Waals surface area contributed by atoms with Crippen molar-refractivity contribution >= 4 is 49.9 Å². The van der Waals surface area contributed by atoms with Crippen molar-refractivity contribution in [3.05, 3.63) is 43.0 Å². The van der Waals surface area contributed by atoms with E-state index in [4.69, 9.17) is 0 Å². The van der Waals surface area contributed by atoms with Crippen LogP contribution < -0.4 is 19.8 Å². The van der Waals surface area contributed by atoms with Crippen LogP contribution in [0.3, 0.4) is 0 Å². The highest BCUT2D eigenvalue weighted by molar-refractivity contribution is 7.94. The maximum Gasteiger partial charge on any atom is 0.273 e. The Morgan fingerprint density at radius 1 is 1.00 bits per heavy atom. The summed E-state index contributed by atoms with van der Waals surface area (Å²) in [5, 5.41) is 2.67. The van der Waals surface area contributed by atoms with Crippen molar-refractivity contribution in [2.24, 2.45) is 0 Å². The first-order valence-corrected chi connectivity index (χ1v) is 11.7. The third kappa shape index (κ3) is 5.06. The number of carbonyl (C=O) groups is 1. The predicted octanol–water partition coefficient (Wildman–Crippen LogP) is 1.41. The van der Waals surface area contributed by atoms with E-state index in [2.05, 4.69) is 34.9 Å². The molecule has 0 aliphatic carbocycles. The number of hydrogen-bond acceptors (Lipinski definition) is 10. The first kappa shape index (κ1) is 20.9. The van der Waals surface area contributed by atoms with Crippen LogP contribution in [0, 0.1) is 0 Å². The summed E-state index contributed by atoms with van der Waals surface area (Å²) in [5.41, 5.74) is 0.241. The molecule has 1 saturated heterocycles. The minimum absolute atomic E-state index is 0.0223. The Bertz CT molecular complexity index is 1140. The molecule has 4 heterocycles. The number of aromatic nitrogens is 4. The minimum atomic E-state index is -3.86. The minimum Gasteiger partial charge on any atom is -0.353 e. The van der Waals surface area contributed by atoms with Crippen LogP contribution in [0.5, 0.6) is 0 Å². The number of nitrogens with one attached hydrogen (secondary N) is 2. The Balaban J connectivity index is 1.37. The van der Waals surface area contributed by atoms with Crippen LogP contribution in [0.4, 0.5) is 22.6 Å². The normalized spacial score (nSPS) is 14.4. The first-order valence-electron chi connectivity index (χ1n) is 9.40. The highest BCUT2D eigenvalue weighted by Gasteiger charge is 2.21. The molecule has 0 atom stereocenters. The Labute approximate surface area is 183 Å². The van der Waals surface area contributed by atoms with Gasteiger partial charge in [-0.2, -0.15) is 0 Å². The van der Waals surface area contributed by atoms with Crippen LogP contribution in [-0.4, -0.2) is 60.4 Å². The molecule has 13 heteroatoms.